The number of hydrogen-bond acceptors (Lipinski definition) is 2. The van der Waals surface area contributed by atoms with Crippen molar-refractivity contribution in [3.8, 4) is 0 Å². The third-order valence-corrected chi connectivity index (χ3v) is 2.70. The maximum Gasteiger partial charge on any atom is 0.0313 e. The van der Waals surface area contributed by atoms with Crippen molar-refractivity contribution < 1.29 is 0 Å². The predicted octanol–water partition coefficient (Wildman–Crippen LogP) is 2.19. The Hall–Kier alpha value is -1.38. The molecule has 2 aromatic rings. The molecule has 2 aromatic carbocycles. The minimum absolute atomic E-state index is 0.0427. The first-order valence-corrected chi connectivity index (χ1v) is 5.26. The van der Waals surface area contributed by atoms with Crippen LogP contribution in [-0.2, 0) is 0 Å². The summed E-state index contributed by atoms with van der Waals surface area (Å²) in [5.74, 6) is 0. The van der Waals surface area contributed by atoms with Crippen LogP contribution in [0.25, 0.3) is 10.8 Å². The Morgan fingerprint density at radius 1 is 1.00 bits per heavy atom. The van der Waals surface area contributed by atoms with Crippen molar-refractivity contribution in [1.82, 2.24) is 0 Å². The Labute approximate surface area is 89.9 Å². The molecule has 0 aliphatic rings. The molecule has 78 valence electrons. The molecule has 0 aliphatic heterocycles. The second kappa shape index (κ2) is 4.43. The molecule has 1 atom stereocenters. The number of benzene rings is 2. The first-order chi connectivity index (χ1) is 7.33. The molecular weight excluding hydrogens is 184 g/mol. The standard InChI is InChI=1S/C13H16N2/c14-9-8-13(15)12-7-3-5-10-4-1-2-6-11(10)12/h1-7,13H,8-9,14-15H2/t13-/m1/s1. The van der Waals surface area contributed by atoms with E-state index in [1.807, 2.05) is 18.2 Å². The first kappa shape index (κ1) is 10.1. The normalized spacial score (nSPS) is 12.9. The molecule has 0 heterocycles. The molecule has 0 aliphatic carbocycles. The van der Waals surface area contributed by atoms with Gasteiger partial charge in [0.15, 0.2) is 0 Å². The Morgan fingerprint density at radius 3 is 2.53 bits per heavy atom. The van der Waals surface area contributed by atoms with E-state index in [1.165, 1.54) is 16.3 Å². The molecule has 0 unspecified atom stereocenters. The van der Waals surface area contributed by atoms with Crippen molar-refractivity contribution in [3.05, 3.63) is 48.0 Å². The van der Waals surface area contributed by atoms with Crippen LogP contribution in [0, 0.1) is 0 Å². The van der Waals surface area contributed by atoms with E-state index in [0.717, 1.165) is 6.42 Å². The Balaban J connectivity index is 2.50. The molecule has 2 rings (SSSR count). The molecule has 0 amide bonds. The second-order valence-electron chi connectivity index (χ2n) is 3.75. The van der Waals surface area contributed by atoms with Crippen molar-refractivity contribution in [1.29, 1.82) is 0 Å². The van der Waals surface area contributed by atoms with E-state index in [-0.39, 0.29) is 6.04 Å². The fraction of sp³-hybridized carbons (Fsp3) is 0.231. The molecule has 0 saturated carbocycles. The van der Waals surface area contributed by atoms with Gasteiger partial charge in [-0.15, -0.1) is 0 Å². The Bertz CT molecular complexity index is 446. The van der Waals surface area contributed by atoms with E-state index >= 15 is 0 Å². The molecule has 0 saturated heterocycles. The fourth-order valence-electron chi connectivity index (χ4n) is 1.91. The van der Waals surface area contributed by atoms with E-state index in [1.54, 1.807) is 0 Å². The summed E-state index contributed by atoms with van der Waals surface area (Å²) < 4.78 is 0. The van der Waals surface area contributed by atoms with Gasteiger partial charge in [-0.25, -0.2) is 0 Å². The zero-order valence-electron chi connectivity index (χ0n) is 8.69. The van der Waals surface area contributed by atoms with Crippen LogP contribution in [0.2, 0.25) is 0 Å². The second-order valence-corrected chi connectivity index (χ2v) is 3.75. The predicted molar refractivity (Wildman–Crippen MR) is 64.5 cm³/mol. The minimum Gasteiger partial charge on any atom is -0.330 e. The zero-order valence-corrected chi connectivity index (χ0v) is 8.69. The fourth-order valence-corrected chi connectivity index (χ4v) is 1.91. The van der Waals surface area contributed by atoms with Crippen molar-refractivity contribution in [2.24, 2.45) is 11.5 Å². The smallest absolute Gasteiger partial charge is 0.0313 e. The van der Waals surface area contributed by atoms with Crippen molar-refractivity contribution in [3.63, 3.8) is 0 Å². The highest BCUT2D eigenvalue weighted by molar-refractivity contribution is 5.86. The quantitative estimate of drug-likeness (QED) is 0.798. The van der Waals surface area contributed by atoms with E-state index in [2.05, 4.69) is 24.3 Å². The summed E-state index contributed by atoms with van der Waals surface area (Å²) >= 11 is 0. The summed E-state index contributed by atoms with van der Waals surface area (Å²) in [6, 6.07) is 14.6. The number of rotatable bonds is 3. The number of fused-ring (bicyclic) bond motifs is 1. The molecule has 0 spiro atoms. The van der Waals surface area contributed by atoms with Gasteiger partial charge in [0.2, 0.25) is 0 Å². The lowest BCUT2D eigenvalue weighted by atomic mass is 9.97. The van der Waals surface area contributed by atoms with Crippen LogP contribution in [0.5, 0.6) is 0 Å². The summed E-state index contributed by atoms with van der Waals surface area (Å²) in [5, 5.41) is 2.48. The van der Waals surface area contributed by atoms with Crippen LogP contribution in [0.3, 0.4) is 0 Å². The highest BCUT2D eigenvalue weighted by Crippen LogP contribution is 2.24. The van der Waals surface area contributed by atoms with Gasteiger partial charge in [0.05, 0.1) is 0 Å². The van der Waals surface area contributed by atoms with E-state index < -0.39 is 0 Å². The van der Waals surface area contributed by atoms with Gasteiger partial charge in [-0.3, -0.25) is 0 Å². The van der Waals surface area contributed by atoms with Crippen molar-refractivity contribution in [2.45, 2.75) is 12.5 Å². The zero-order chi connectivity index (χ0) is 10.7. The largest absolute Gasteiger partial charge is 0.330 e. The van der Waals surface area contributed by atoms with Crippen molar-refractivity contribution in [2.75, 3.05) is 6.54 Å². The van der Waals surface area contributed by atoms with Crippen LogP contribution in [0.15, 0.2) is 42.5 Å². The Morgan fingerprint density at radius 2 is 1.73 bits per heavy atom. The summed E-state index contributed by atoms with van der Waals surface area (Å²) in [6.45, 7) is 0.629. The van der Waals surface area contributed by atoms with Gasteiger partial charge >= 0.3 is 0 Å². The van der Waals surface area contributed by atoms with Gasteiger partial charge in [0, 0.05) is 6.04 Å². The van der Waals surface area contributed by atoms with Crippen LogP contribution >= 0.6 is 0 Å². The topological polar surface area (TPSA) is 52.0 Å². The first-order valence-electron chi connectivity index (χ1n) is 5.26. The number of nitrogens with two attached hydrogens (primary N) is 2. The third-order valence-electron chi connectivity index (χ3n) is 2.70. The van der Waals surface area contributed by atoms with Crippen LogP contribution in [0.1, 0.15) is 18.0 Å². The summed E-state index contributed by atoms with van der Waals surface area (Å²) in [7, 11) is 0. The average Bonchev–Trinajstić information content (AvgIpc) is 2.28. The van der Waals surface area contributed by atoms with Gasteiger partial charge in [-0.1, -0.05) is 42.5 Å². The van der Waals surface area contributed by atoms with Gasteiger partial charge in [0.25, 0.3) is 0 Å². The summed E-state index contributed by atoms with van der Waals surface area (Å²) in [4.78, 5) is 0. The Kier molecular flexibility index (Phi) is 2.99. The molecule has 0 fully saturated rings. The molecule has 15 heavy (non-hydrogen) atoms. The summed E-state index contributed by atoms with van der Waals surface area (Å²) in [6.07, 6.45) is 0.827. The van der Waals surface area contributed by atoms with Crippen LogP contribution in [0.4, 0.5) is 0 Å². The van der Waals surface area contributed by atoms with Gasteiger partial charge < -0.3 is 11.5 Å². The third kappa shape index (κ3) is 2.01. The SMILES string of the molecule is NCC[C@@H](N)c1cccc2ccccc12. The van der Waals surface area contributed by atoms with E-state index in [4.69, 9.17) is 11.5 Å². The van der Waals surface area contributed by atoms with Gasteiger partial charge in [-0.05, 0) is 29.3 Å². The highest BCUT2D eigenvalue weighted by Gasteiger charge is 2.07. The van der Waals surface area contributed by atoms with E-state index in [9.17, 15) is 0 Å². The maximum absolute atomic E-state index is 6.09. The molecule has 2 heteroatoms. The molecular formula is C13H16N2. The molecule has 0 bridgehead atoms. The van der Waals surface area contributed by atoms with Gasteiger partial charge in [0.1, 0.15) is 0 Å². The lowest BCUT2D eigenvalue weighted by Crippen LogP contribution is -2.15. The molecule has 4 N–H and O–H groups in total. The minimum atomic E-state index is 0.0427. The summed E-state index contributed by atoms with van der Waals surface area (Å²) in [5.41, 5.74) is 12.8. The lowest BCUT2D eigenvalue weighted by Gasteiger charge is -2.13. The van der Waals surface area contributed by atoms with Gasteiger partial charge in [-0.2, -0.15) is 0 Å². The lowest BCUT2D eigenvalue weighted by molar-refractivity contribution is 0.666. The molecule has 0 aromatic heterocycles. The monoisotopic (exact) mass is 200 g/mol. The molecule has 2 nitrogen and oxygen atoms in total. The highest BCUT2D eigenvalue weighted by atomic mass is 14.7. The van der Waals surface area contributed by atoms with Crippen molar-refractivity contribution >= 4 is 10.8 Å². The maximum atomic E-state index is 6.09. The van der Waals surface area contributed by atoms with Crippen LogP contribution < -0.4 is 11.5 Å². The molecule has 0 radical (unpaired) electrons. The van der Waals surface area contributed by atoms with Crippen LogP contribution in [-0.4, -0.2) is 6.54 Å². The number of hydrogen-bond donors (Lipinski definition) is 2. The van der Waals surface area contributed by atoms with E-state index in [0.29, 0.717) is 6.54 Å². The average molecular weight is 200 g/mol.